The Kier molecular flexibility index (Phi) is 7.82. The molecule has 0 aliphatic rings. The van der Waals surface area contributed by atoms with E-state index in [9.17, 15) is 30.8 Å². The number of carbonyl (C=O) groups excluding carboxylic acids is 1. The Morgan fingerprint density at radius 2 is 1.55 bits per heavy atom. The Balaban J connectivity index is 1.51. The number of alkyl halides is 3. The third-order valence-electron chi connectivity index (χ3n) is 5.37. The number of hydrogen-bond acceptors (Lipinski definition) is 4. The Morgan fingerprint density at radius 1 is 0.842 bits per heavy atom. The normalized spacial score (nSPS) is 11.7. The lowest BCUT2D eigenvalue weighted by Gasteiger charge is -2.14. The summed E-state index contributed by atoms with van der Waals surface area (Å²) in [4.78, 5) is 12.2. The van der Waals surface area contributed by atoms with Crippen molar-refractivity contribution in [1.82, 2.24) is 0 Å². The number of sulfone groups is 1. The first-order valence-electron chi connectivity index (χ1n) is 11.3. The topological polar surface area (TPSA) is 72.5 Å². The lowest BCUT2D eigenvalue weighted by atomic mass is 10.0. The summed E-state index contributed by atoms with van der Waals surface area (Å²) in [5.41, 5.74) is 2.36. The van der Waals surface area contributed by atoms with Crippen LogP contribution < -0.4 is 10.1 Å². The number of carbonyl (C=O) groups is 1. The van der Waals surface area contributed by atoms with Gasteiger partial charge in [0.2, 0.25) is 5.91 Å². The van der Waals surface area contributed by atoms with E-state index in [1.165, 1.54) is 30.3 Å². The molecule has 1 amide bonds. The van der Waals surface area contributed by atoms with Gasteiger partial charge in [0.15, 0.2) is 15.6 Å². The van der Waals surface area contributed by atoms with E-state index in [2.05, 4.69) is 5.32 Å². The monoisotopic (exact) mass is 543 g/mol. The van der Waals surface area contributed by atoms with Gasteiger partial charge in [0.1, 0.15) is 17.3 Å². The molecular formula is C28H21F4NO4S. The first kappa shape index (κ1) is 26.9. The maximum absolute atomic E-state index is 13.7. The number of amides is 1. The Bertz CT molecular complexity index is 1540. The first-order valence-corrected chi connectivity index (χ1v) is 12.9. The molecule has 0 aromatic heterocycles. The fourth-order valence-corrected chi connectivity index (χ4v) is 4.85. The number of hydrogen-bond donors (Lipinski definition) is 1. The standard InChI is InChI=1S/C28H21F4NO4S/c29-21-7-4-8-23(16-21)37-26-17-22(11-14-25(26)20-5-2-1-3-6-20)33-27(34)15-19-9-12-24(13-10-19)38(35,36)18-28(30,31)32/h1-14,16-17H,15,18H2,(H,33,34). The van der Waals surface area contributed by atoms with Gasteiger partial charge in [0, 0.05) is 23.4 Å². The highest BCUT2D eigenvalue weighted by Gasteiger charge is 2.35. The Labute approximate surface area is 216 Å². The van der Waals surface area contributed by atoms with Crippen LogP contribution in [0.1, 0.15) is 5.56 Å². The molecule has 38 heavy (non-hydrogen) atoms. The summed E-state index contributed by atoms with van der Waals surface area (Å²) >= 11 is 0. The number of rotatable bonds is 8. The predicted molar refractivity (Wildman–Crippen MR) is 135 cm³/mol. The van der Waals surface area contributed by atoms with E-state index >= 15 is 0 Å². The molecule has 10 heteroatoms. The van der Waals surface area contributed by atoms with Crippen molar-refractivity contribution in [1.29, 1.82) is 0 Å². The molecule has 0 heterocycles. The van der Waals surface area contributed by atoms with E-state index in [0.717, 1.165) is 17.7 Å². The van der Waals surface area contributed by atoms with E-state index in [1.54, 1.807) is 24.3 Å². The number of nitrogens with one attached hydrogen (secondary N) is 1. The first-order chi connectivity index (χ1) is 18.0. The minimum Gasteiger partial charge on any atom is -0.457 e. The highest BCUT2D eigenvalue weighted by Crippen LogP contribution is 2.36. The van der Waals surface area contributed by atoms with Gasteiger partial charge >= 0.3 is 6.18 Å². The molecule has 0 fully saturated rings. The number of ether oxygens (including phenoxy) is 1. The van der Waals surface area contributed by atoms with Gasteiger partial charge in [-0.15, -0.1) is 0 Å². The van der Waals surface area contributed by atoms with Gasteiger partial charge in [-0.05, 0) is 47.5 Å². The third-order valence-corrected chi connectivity index (χ3v) is 7.07. The molecule has 1 N–H and O–H groups in total. The highest BCUT2D eigenvalue weighted by atomic mass is 32.2. The molecule has 0 spiro atoms. The molecule has 5 nitrogen and oxygen atoms in total. The molecule has 0 saturated heterocycles. The quantitative estimate of drug-likeness (QED) is 0.248. The van der Waals surface area contributed by atoms with Crippen molar-refractivity contribution in [2.45, 2.75) is 17.5 Å². The number of halogens is 4. The smallest absolute Gasteiger partial charge is 0.403 e. The average molecular weight is 544 g/mol. The van der Waals surface area contributed by atoms with Crippen molar-refractivity contribution in [3.63, 3.8) is 0 Å². The summed E-state index contributed by atoms with van der Waals surface area (Å²) in [6.45, 7) is 0. The van der Waals surface area contributed by atoms with Crippen LogP contribution in [-0.2, 0) is 21.1 Å². The van der Waals surface area contributed by atoms with Crippen molar-refractivity contribution in [3.05, 3.63) is 108 Å². The lowest BCUT2D eigenvalue weighted by molar-refractivity contribution is -0.115. The zero-order valence-corrected chi connectivity index (χ0v) is 20.5. The third kappa shape index (κ3) is 7.19. The van der Waals surface area contributed by atoms with Gasteiger partial charge in [-0.3, -0.25) is 4.79 Å². The second-order valence-electron chi connectivity index (χ2n) is 8.38. The fourth-order valence-electron chi connectivity index (χ4n) is 3.70. The van der Waals surface area contributed by atoms with Gasteiger partial charge in [-0.25, -0.2) is 12.8 Å². The molecule has 0 unspecified atom stereocenters. The summed E-state index contributed by atoms with van der Waals surface area (Å²) in [7, 11) is -4.54. The molecular weight excluding hydrogens is 522 g/mol. The van der Waals surface area contributed by atoms with E-state index < -0.39 is 38.4 Å². The van der Waals surface area contributed by atoms with Gasteiger partial charge in [0.05, 0.1) is 11.3 Å². The zero-order valence-electron chi connectivity index (χ0n) is 19.7. The summed E-state index contributed by atoms with van der Waals surface area (Å²) in [5, 5.41) is 2.72. The molecule has 196 valence electrons. The van der Waals surface area contributed by atoms with Crippen LogP contribution in [0.25, 0.3) is 11.1 Å². The molecule has 0 bridgehead atoms. The molecule has 4 rings (SSSR count). The lowest BCUT2D eigenvalue weighted by Crippen LogP contribution is -2.22. The van der Waals surface area contributed by atoms with E-state index in [1.807, 2.05) is 30.3 Å². The van der Waals surface area contributed by atoms with Crippen LogP contribution in [0.2, 0.25) is 0 Å². The van der Waals surface area contributed by atoms with Crippen molar-refractivity contribution in [2.24, 2.45) is 0 Å². The van der Waals surface area contributed by atoms with E-state index in [4.69, 9.17) is 4.74 Å². The molecule has 0 aliphatic carbocycles. The fraction of sp³-hybridized carbons (Fsp3) is 0.107. The zero-order chi connectivity index (χ0) is 27.3. The van der Waals surface area contributed by atoms with Crippen molar-refractivity contribution >= 4 is 21.4 Å². The van der Waals surface area contributed by atoms with Crippen molar-refractivity contribution < 1.29 is 35.5 Å². The van der Waals surface area contributed by atoms with Crippen LogP contribution in [0, 0.1) is 5.82 Å². The number of anilines is 1. The predicted octanol–water partition coefficient (Wildman–Crippen LogP) is 6.80. The maximum Gasteiger partial charge on any atom is 0.403 e. The van der Waals surface area contributed by atoms with E-state index in [-0.39, 0.29) is 12.2 Å². The van der Waals surface area contributed by atoms with Crippen LogP contribution in [0.5, 0.6) is 11.5 Å². The summed E-state index contributed by atoms with van der Waals surface area (Å²) < 4.78 is 81.0. The minimum atomic E-state index is -4.86. The summed E-state index contributed by atoms with van der Waals surface area (Å²) in [6.07, 6.45) is -5.01. The number of benzene rings is 4. The largest absolute Gasteiger partial charge is 0.457 e. The van der Waals surface area contributed by atoms with Crippen LogP contribution in [0.4, 0.5) is 23.2 Å². The van der Waals surface area contributed by atoms with Crippen molar-refractivity contribution in [3.8, 4) is 22.6 Å². The van der Waals surface area contributed by atoms with Crippen LogP contribution >= 0.6 is 0 Å². The van der Waals surface area contributed by atoms with Crippen LogP contribution in [-0.4, -0.2) is 26.3 Å². The Hall–Kier alpha value is -4.18. The summed E-state index contributed by atoms with van der Waals surface area (Å²) in [5.74, 6) is -2.23. The molecule has 0 atom stereocenters. The van der Waals surface area contributed by atoms with Crippen LogP contribution in [0.3, 0.4) is 0 Å². The summed E-state index contributed by atoms with van der Waals surface area (Å²) in [6, 6.07) is 24.7. The molecule has 0 radical (unpaired) electrons. The van der Waals surface area contributed by atoms with Gasteiger partial charge in [-0.2, -0.15) is 13.2 Å². The Morgan fingerprint density at radius 3 is 2.21 bits per heavy atom. The second kappa shape index (κ2) is 11.1. The molecule has 4 aromatic carbocycles. The minimum absolute atomic E-state index is 0.153. The molecule has 0 aliphatic heterocycles. The highest BCUT2D eigenvalue weighted by molar-refractivity contribution is 7.91. The maximum atomic E-state index is 13.7. The SMILES string of the molecule is O=C(Cc1ccc(S(=O)(=O)CC(F)(F)F)cc1)Nc1ccc(-c2ccccc2)c(Oc2cccc(F)c2)c1. The second-order valence-corrected chi connectivity index (χ2v) is 10.4. The average Bonchev–Trinajstić information content (AvgIpc) is 2.84. The molecule has 4 aromatic rings. The van der Waals surface area contributed by atoms with Gasteiger partial charge in [-0.1, -0.05) is 48.5 Å². The van der Waals surface area contributed by atoms with Crippen LogP contribution in [0.15, 0.2) is 102 Å². The van der Waals surface area contributed by atoms with Gasteiger partial charge in [0.25, 0.3) is 0 Å². The van der Waals surface area contributed by atoms with E-state index in [0.29, 0.717) is 22.6 Å². The van der Waals surface area contributed by atoms with Crippen molar-refractivity contribution in [2.75, 3.05) is 11.1 Å². The molecule has 0 saturated carbocycles. The van der Waals surface area contributed by atoms with Gasteiger partial charge < -0.3 is 10.1 Å².